The average molecular weight is 293 g/mol. The number of urea groups is 1. The van der Waals surface area contributed by atoms with E-state index in [-0.39, 0.29) is 17.8 Å². The summed E-state index contributed by atoms with van der Waals surface area (Å²) < 4.78 is 5.27. The third-order valence-corrected chi connectivity index (χ3v) is 3.55. The second kappa shape index (κ2) is 7.03. The number of carboxylic acids is 1. The van der Waals surface area contributed by atoms with Crippen molar-refractivity contribution in [3.05, 3.63) is 29.6 Å². The first-order valence-electron chi connectivity index (χ1n) is 6.84. The molecule has 1 aliphatic rings. The van der Waals surface area contributed by atoms with Crippen LogP contribution in [-0.2, 0) is 11.3 Å². The van der Waals surface area contributed by atoms with Crippen LogP contribution in [0.25, 0.3) is 0 Å². The van der Waals surface area contributed by atoms with Gasteiger partial charge in [-0.25, -0.2) is 14.6 Å². The second-order valence-electron chi connectivity index (χ2n) is 4.97. The Hall–Kier alpha value is -2.15. The predicted molar refractivity (Wildman–Crippen MR) is 75.0 cm³/mol. The van der Waals surface area contributed by atoms with Crippen LogP contribution in [0.2, 0.25) is 0 Å². The van der Waals surface area contributed by atoms with Crippen LogP contribution in [0.1, 0.15) is 28.9 Å². The first-order chi connectivity index (χ1) is 10.1. The summed E-state index contributed by atoms with van der Waals surface area (Å²) in [7, 11) is 1.77. The average Bonchev–Trinajstić information content (AvgIpc) is 2.53. The lowest BCUT2D eigenvalue weighted by Crippen LogP contribution is -2.45. The maximum Gasteiger partial charge on any atom is 0.354 e. The van der Waals surface area contributed by atoms with Crippen molar-refractivity contribution in [2.24, 2.45) is 0 Å². The van der Waals surface area contributed by atoms with Crippen LogP contribution in [0.15, 0.2) is 18.3 Å². The van der Waals surface area contributed by atoms with Gasteiger partial charge in [-0.3, -0.25) is 0 Å². The number of aromatic carboxylic acids is 1. The van der Waals surface area contributed by atoms with Crippen LogP contribution in [0, 0.1) is 0 Å². The SMILES string of the molecule is CN(C(=O)NCc1ccc(C(=O)O)nc1)C1CCOCC1. The van der Waals surface area contributed by atoms with E-state index in [1.807, 2.05) is 0 Å². The van der Waals surface area contributed by atoms with Gasteiger partial charge in [-0.1, -0.05) is 6.07 Å². The number of rotatable bonds is 4. The highest BCUT2D eigenvalue weighted by molar-refractivity contribution is 5.85. The third kappa shape index (κ3) is 4.16. The van der Waals surface area contributed by atoms with Gasteiger partial charge in [0.2, 0.25) is 0 Å². The topological polar surface area (TPSA) is 91.8 Å². The van der Waals surface area contributed by atoms with Crippen molar-refractivity contribution in [3.63, 3.8) is 0 Å². The highest BCUT2D eigenvalue weighted by Crippen LogP contribution is 2.12. The molecule has 0 radical (unpaired) electrons. The van der Waals surface area contributed by atoms with Crippen molar-refractivity contribution >= 4 is 12.0 Å². The molecule has 7 nitrogen and oxygen atoms in total. The molecule has 7 heteroatoms. The van der Waals surface area contributed by atoms with Gasteiger partial charge < -0.3 is 20.1 Å². The van der Waals surface area contributed by atoms with Gasteiger partial charge in [0.25, 0.3) is 0 Å². The Balaban J connectivity index is 1.83. The Labute approximate surface area is 122 Å². The zero-order chi connectivity index (χ0) is 15.2. The summed E-state index contributed by atoms with van der Waals surface area (Å²) in [6, 6.07) is 3.12. The lowest BCUT2D eigenvalue weighted by atomic mass is 10.1. The van der Waals surface area contributed by atoms with Gasteiger partial charge in [0.1, 0.15) is 5.69 Å². The van der Waals surface area contributed by atoms with Crippen LogP contribution < -0.4 is 5.32 Å². The summed E-state index contributed by atoms with van der Waals surface area (Å²) in [4.78, 5) is 28.2. The molecular weight excluding hydrogens is 274 g/mol. The first kappa shape index (κ1) is 15.2. The highest BCUT2D eigenvalue weighted by atomic mass is 16.5. The van der Waals surface area contributed by atoms with Crippen LogP contribution in [0.5, 0.6) is 0 Å². The van der Waals surface area contributed by atoms with Crippen molar-refractivity contribution in [2.45, 2.75) is 25.4 Å². The zero-order valence-corrected chi connectivity index (χ0v) is 11.9. The summed E-state index contributed by atoms with van der Waals surface area (Å²) in [6.45, 7) is 1.69. The van der Waals surface area contributed by atoms with E-state index in [1.165, 1.54) is 12.3 Å². The number of aromatic nitrogens is 1. The number of carbonyl (C=O) groups is 2. The molecule has 2 amide bonds. The summed E-state index contributed by atoms with van der Waals surface area (Å²) in [5.74, 6) is -1.06. The molecule has 2 heterocycles. The van der Waals surface area contributed by atoms with Gasteiger partial charge in [-0.2, -0.15) is 0 Å². The minimum atomic E-state index is -1.06. The van der Waals surface area contributed by atoms with Crippen molar-refractivity contribution < 1.29 is 19.4 Å². The zero-order valence-electron chi connectivity index (χ0n) is 11.9. The Kier molecular flexibility index (Phi) is 5.10. The summed E-state index contributed by atoms with van der Waals surface area (Å²) in [6.07, 6.45) is 3.15. The maximum absolute atomic E-state index is 12.1. The maximum atomic E-state index is 12.1. The van der Waals surface area contributed by atoms with Gasteiger partial charge in [-0.15, -0.1) is 0 Å². The number of amides is 2. The van der Waals surface area contributed by atoms with E-state index in [0.29, 0.717) is 19.8 Å². The molecule has 0 saturated carbocycles. The molecule has 0 bridgehead atoms. The number of nitrogens with one attached hydrogen (secondary N) is 1. The number of carboxylic acid groups (broad SMARTS) is 1. The van der Waals surface area contributed by atoms with Crippen LogP contribution >= 0.6 is 0 Å². The fourth-order valence-electron chi connectivity index (χ4n) is 2.20. The highest BCUT2D eigenvalue weighted by Gasteiger charge is 2.22. The lowest BCUT2D eigenvalue weighted by molar-refractivity contribution is 0.0525. The third-order valence-electron chi connectivity index (χ3n) is 3.55. The van der Waals surface area contributed by atoms with Gasteiger partial charge in [0.05, 0.1) is 0 Å². The van der Waals surface area contributed by atoms with Crippen LogP contribution in [0.3, 0.4) is 0 Å². The summed E-state index contributed by atoms with van der Waals surface area (Å²) >= 11 is 0. The number of nitrogens with zero attached hydrogens (tertiary/aromatic N) is 2. The molecule has 114 valence electrons. The smallest absolute Gasteiger partial charge is 0.354 e. The second-order valence-corrected chi connectivity index (χ2v) is 4.97. The molecule has 1 saturated heterocycles. The number of hydrogen-bond acceptors (Lipinski definition) is 4. The normalized spacial score (nSPS) is 15.5. The molecule has 2 N–H and O–H groups in total. The molecule has 1 fully saturated rings. The van der Waals surface area contributed by atoms with Gasteiger partial charge >= 0.3 is 12.0 Å². The fourth-order valence-corrected chi connectivity index (χ4v) is 2.20. The Morgan fingerprint density at radius 2 is 2.14 bits per heavy atom. The van der Waals surface area contributed by atoms with Crippen LogP contribution in [-0.4, -0.2) is 53.3 Å². The standard InChI is InChI=1S/C14H19N3O4/c1-17(11-4-6-21-7-5-11)14(20)16-9-10-2-3-12(13(18)19)15-8-10/h2-3,8,11H,4-7,9H2,1H3,(H,16,20)(H,18,19). The molecular formula is C14H19N3O4. The first-order valence-corrected chi connectivity index (χ1v) is 6.84. The van der Waals surface area contributed by atoms with Gasteiger partial charge in [0.15, 0.2) is 0 Å². The van der Waals surface area contributed by atoms with Crippen molar-refractivity contribution in [1.29, 1.82) is 0 Å². The van der Waals surface area contributed by atoms with Crippen molar-refractivity contribution in [3.8, 4) is 0 Å². The van der Waals surface area contributed by atoms with E-state index in [4.69, 9.17) is 9.84 Å². The van der Waals surface area contributed by atoms with Crippen molar-refractivity contribution in [1.82, 2.24) is 15.2 Å². The Bertz CT molecular complexity index is 497. The van der Waals surface area contributed by atoms with E-state index in [1.54, 1.807) is 18.0 Å². The molecule has 21 heavy (non-hydrogen) atoms. The van der Waals surface area contributed by atoms with Crippen LogP contribution in [0.4, 0.5) is 4.79 Å². The molecule has 2 rings (SSSR count). The number of pyridine rings is 1. The van der Waals surface area contributed by atoms with E-state index >= 15 is 0 Å². The molecule has 0 atom stereocenters. The lowest BCUT2D eigenvalue weighted by Gasteiger charge is -2.31. The van der Waals surface area contributed by atoms with E-state index in [9.17, 15) is 9.59 Å². The van der Waals surface area contributed by atoms with Gasteiger partial charge in [-0.05, 0) is 24.5 Å². The Morgan fingerprint density at radius 1 is 1.43 bits per heavy atom. The van der Waals surface area contributed by atoms with Gasteiger partial charge in [0, 0.05) is 39.0 Å². The molecule has 0 unspecified atom stereocenters. The summed E-state index contributed by atoms with van der Waals surface area (Å²) in [5, 5.41) is 11.6. The van der Waals surface area contributed by atoms with E-state index in [0.717, 1.165) is 18.4 Å². The number of ether oxygens (including phenoxy) is 1. The number of hydrogen-bond donors (Lipinski definition) is 2. The van der Waals surface area contributed by atoms with E-state index in [2.05, 4.69) is 10.3 Å². The molecule has 1 aromatic heterocycles. The minimum Gasteiger partial charge on any atom is -0.477 e. The molecule has 1 aliphatic heterocycles. The molecule has 0 aliphatic carbocycles. The molecule has 1 aromatic rings. The monoisotopic (exact) mass is 293 g/mol. The fraction of sp³-hybridized carbons (Fsp3) is 0.500. The largest absolute Gasteiger partial charge is 0.477 e. The number of carbonyl (C=O) groups excluding carboxylic acids is 1. The quantitative estimate of drug-likeness (QED) is 0.867. The summed E-state index contributed by atoms with van der Waals surface area (Å²) in [5.41, 5.74) is 0.748. The molecule has 0 spiro atoms. The minimum absolute atomic E-state index is 0.00981. The molecule has 0 aromatic carbocycles. The van der Waals surface area contributed by atoms with Crippen molar-refractivity contribution in [2.75, 3.05) is 20.3 Å². The van der Waals surface area contributed by atoms with E-state index < -0.39 is 5.97 Å². The Morgan fingerprint density at radius 3 is 2.71 bits per heavy atom. The predicted octanol–water partition coefficient (Wildman–Crippen LogP) is 1.10.